The van der Waals surface area contributed by atoms with Crippen molar-refractivity contribution in [2.45, 2.75) is 6.42 Å². The van der Waals surface area contributed by atoms with Crippen molar-refractivity contribution in [1.29, 1.82) is 0 Å². The summed E-state index contributed by atoms with van der Waals surface area (Å²) in [5, 5.41) is 11.2. The lowest BCUT2D eigenvalue weighted by Gasteiger charge is -2.18. The highest BCUT2D eigenvalue weighted by molar-refractivity contribution is 5.89. The van der Waals surface area contributed by atoms with Gasteiger partial charge in [-0.1, -0.05) is 18.2 Å². The number of nitrogens with one attached hydrogen (secondary N) is 1. The molecule has 2 aromatic carbocycles. The molecule has 2 heterocycles. The van der Waals surface area contributed by atoms with Crippen LogP contribution in [-0.4, -0.2) is 34.8 Å². The second-order valence-electron chi connectivity index (χ2n) is 5.86. The van der Waals surface area contributed by atoms with Crippen molar-refractivity contribution in [1.82, 2.24) is 15.2 Å². The van der Waals surface area contributed by atoms with E-state index in [9.17, 15) is 4.79 Å². The molecule has 1 aromatic heterocycles. The molecule has 0 radical (unpaired) electrons. The summed E-state index contributed by atoms with van der Waals surface area (Å²) in [7, 11) is 1.36. The fourth-order valence-corrected chi connectivity index (χ4v) is 2.99. The third-order valence-corrected chi connectivity index (χ3v) is 4.27. The smallest absolute Gasteiger partial charge is 0.337 e. The Kier molecular flexibility index (Phi) is 4.18. The molecule has 7 heteroatoms. The number of aromatic nitrogens is 3. The first-order chi connectivity index (χ1) is 12.7. The van der Waals surface area contributed by atoms with Gasteiger partial charge in [-0.15, -0.1) is 5.10 Å². The van der Waals surface area contributed by atoms with Crippen LogP contribution in [0.2, 0.25) is 0 Å². The Morgan fingerprint density at radius 3 is 2.77 bits per heavy atom. The number of para-hydroxylation sites is 1. The summed E-state index contributed by atoms with van der Waals surface area (Å²) in [6.07, 6.45) is 2.64. The van der Waals surface area contributed by atoms with E-state index in [4.69, 9.17) is 4.74 Å². The predicted octanol–water partition coefficient (Wildman–Crippen LogP) is 3.10. The number of fused-ring (bicyclic) bond motifs is 1. The molecule has 1 aliphatic rings. The Morgan fingerprint density at radius 1 is 1.15 bits per heavy atom. The van der Waals surface area contributed by atoms with Gasteiger partial charge in [-0.05, 0) is 42.3 Å². The zero-order valence-electron chi connectivity index (χ0n) is 14.2. The highest BCUT2D eigenvalue weighted by atomic mass is 16.5. The monoisotopic (exact) mass is 347 g/mol. The van der Waals surface area contributed by atoms with E-state index in [2.05, 4.69) is 37.5 Å². The van der Waals surface area contributed by atoms with Gasteiger partial charge in [-0.2, -0.15) is 10.1 Å². The molecule has 0 bridgehead atoms. The third kappa shape index (κ3) is 3.06. The Morgan fingerprint density at radius 2 is 1.96 bits per heavy atom. The van der Waals surface area contributed by atoms with Crippen LogP contribution >= 0.6 is 0 Å². The van der Waals surface area contributed by atoms with Crippen molar-refractivity contribution in [2.75, 3.05) is 23.9 Å². The maximum Gasteiger partial charge on any atom is 0.337 e. The molecule has 0 fully saturated rings. The molecule has 26 heavy (non-hydrogen) atoms. The highest BCUT2D eigenvalue weighted by Gasteiger charge is 2.21. The van der Waals surface area contributed by atoms with E-state index >= 15 is 0 Å². The molecule has 0 saturated heterocycles. The van der Waals surface area contributed by atoms with Crippen LogP contribution in [0.1, 0.15) is 15.9 Å². The molecule has 0 atom stereocenters. The molecular weight excluding hydrogens is 330 g/mol. The molecule has 0 saturated carbocycles. The van der Waals surface area contributed by atoms with Crippen molar-refractivity contribution < 1.29 is 9.53 Å². The van der Waals surface area contributed by atoms with Crippen LogP contribution in [0, 0.1) is 0 Å². The van der Waals surface area contributed by atoms with Crippen LogP contribution in [0.15, 0.2) is 54.7 Å². The molecule has 3 aromatic rings. The number of hydrogen-bond donors (Lipinski definition) is 1. The summed E-state index contributed by atoms with van der Waals surface area (Å²) in [5.74, 6) is 0.778. The summed E-state index contributed by atoms with van der Waals surface area (Å²) in [4.78, 5) is 18.2. The number of carbonyl (C=O) groups is 1. The topological polar surface area (TPSA) is 80.2 Å². The Hall–Kier alpha value is -3.48. The van der Waals surface area contributed by atoms with Crippen LogP contribution in [-0.2, 0) is 11.2 Å². The molecule has 130 valence electrons. The predicted molar refractivity (Wildman–Crippen MR) is 98.0 cm³/mol. The van der Waals surface area contributed by atoms with Gasteiger partial charge in [0, 0.05) is 17.9 Å². The van der Waals surface area contributed by atoms with Crippen molar-refractivity contribution in [3.63, 3.8) is 0 Å². The Balaban J connectivity index is 1.54. The largest absolute Gasteiger partial charge is 0.465 e. The van der Waals surface area contributed by atoms with Gasteiger partial charge in [0.1, 0.15) is 0 Å². The second kappa shape index (κ2) is 6.79. The van der Waals surface area contributed by atoms with Gasteiger partial charge in [0.25, 0.3) is 0 Å². The van der Waals surface area contributed by atoms with E-state index < -0.39 is 0 Å². The first-order valence-corrected chi connectivity index (χ1v) is 8.25. The van der Waals surface area contributed by atoms with Crippen molar-refractivity contribution >= 4 is 29.1 Å². The molecule has 1 aliphatic heterocycles. The minimum absolute atomic E-state index is 0.371. The summed E-state index contributed by atoms with van der Waals surface area (Å²) in [6.45, 7) is 0.866. The fraction of sp³-hybridized carbons (Fsp3) is 0.158. The van der Waals surface area contributed by atoms with Crippen molar-refractivity contribution in [2.24, 2.45) is 0 Å². The van der Waals surface area contributed by atoms with Crippen LogP contribution in [0.5, 0.6) is 0 Å². The molecule has 4 rings (SSSR count). The number of anilines is 4. The number of ether oxygens (including phenoxy) is 1. The lowest BCUT2D eigenvalue weighted by Crippen LogP contribution is -2.16. The maximum absolute atomic E-state index is 11.5. The average molecular weight is 347 g/mol. The van der Waals surface area contributed by atoms with Gasteiger partial charge in [0.15, 0.2) is 5.82 Å². The van der Waals surface area contributed by atoms with Crippen LogP contribution in [0.25, 0.3) is 0 Å². The molecule has 0 aliphatic carbocycles. The van der Waals surface area contributed by atoms with Gasteiger partial charge in [-0.3, -0.25) is 0 Å². The van der Waals surface area contributed by atoms with Gasteiger partial charge >= 0.3 is 5.97 Å². The normalized spacial score (nSPS) is 12.6. The Bertz CT molecular complexity index is 943. The first-order valence-electron chi connectivity index (χ1n) is 8.25. The summed E-state index contributed by atoms with van der Waals surface area (Å²) < 4.78 is 4.70. The molecular formula is C19H17N5O2. The number of hydrogen-bond acceptors (Lipinski definition) is 7. The quantitative estimate of drug-likeness (QED) is 0.726. The number of nitrogens with zero attached hydrogens (tertiary/aromatic N) is 4. The summed E-state index contributed by atoms with van der Waals surface area (Å²) in [6, 6.07) is 15.2. The van der Waals surface area contributed by atoms with Crippen molar-refractivity contribution in [3.8, 4) is 0 Å². The standard InChI is InChI=1S/C19H17N5O2/c1-26-18(25)14-6-8-15(9-7-14)21-19-22-17(12-20-23-19)24-11-10-13-4-2-3-5-16(13)24/h2-9,12H,10-11H2,1H3,(H,21,22,23). The number of rotatable bonds is 4. The van der Waals surface area contributed by atoms with Crippen molar-refractivity contribution in [3.05, 3.63) is 65.9 Å². The highest BCUT2D eigenvalue weighted by Crippen LogP contribution is 2.33. The minimum Gasteiger partial charge on any atom is -0.465 e. The SMILES string of the molecule is COC(=O)c1ccc(Nc2nncc(N3CCc4ccccc43)n2)cc1. The van der Waals surface area contributed by atoms with E-state index in [0.717, 1.165) is 30.2 Å². The molecule has 7 nitrogen and oxygen atoms in total. The Labute approximate surface area is 150 Å². The van der Waals surface area contributed by atoms with Gasteiger partial charge in [0.05, 0.1) is 18.9 Å². The van der Waals surface area contributed by atoms with Gasteiger partial charge in [0.2, 0.25) is 5.95 Å². The van der Waals surface area contributed by atoms with Gasteiger partial charge < -0.3 is 15.0 Å². The molecule has 0 unspecified atom stereocenters. The van der Waals surface area contributed by atoms with E-state index in [1.807, 2.05) is 12.1 Å². The third-order valence-electron chi connectivity index (χ3n) is 4.27. The number of benzene rings is 2. The molecule has 0 amide bonds. The molecule has 1 N–H and O–H groups in total. The lowest BCUT2D eigenvalue weighted by molar-refractivity contribution is 0.0601. The first kappa shape index (κ1) is 16.0. The van der Waals surface area contributed by atoms with E-state index in [1.54, 1.807) is 30.5 Å². The maximum atomic E-state index is 11.5. The van der Waals surface area contributed by atoms with E-state index in [1.165, 1.54) is 12.7 Å². The summed E-state index contributed by atoms with van der Waals surface area (Å²) >= 11 is 0. The second-order valence-corrected chi connectivity index (χ2v) is 5.86. The number of esters is 1. The summed E-state index contributed by atoms with van der Waals surface area (Å²) in [5.41, 5.74) is 3.71. The minimum atomic E-state index is -0.371. The lowest BCUT2D eigenvalue weighted by atomic mass is 10.2. The van der Waals surface area contributed by atoms with Crippen LogP contribution < -0.4 is 10.2 Å². The van der Waals surface area contributed by atoms with E-state index in [-0.39, 0.29) is 5.97 Å². The van der Waals surface area contributed by atoms with Crippen LogP contribution in [0.4, 0.5) is 23.1 Å². The van der Waals surface area contributed by atoms with Gasteiger partial charge in [-0.25, -0.2) is 4.79 Å². The number of methoxy groups -OCH3 is 1. The number of carbonyl (C=O) groups excluding carboxylic acids is 1. The van der Waals surface area contributed by atoms with E-state index in [0.29, 0.717) is 11.5 Å². The molecule has 0 spiro atoms. The zero-order chi connectivity index (χ0) is 17.9. The fourth-order valence-electron chi connectivity index (χ4n) is 2.99. The zero-order valence-corrected chi connectivity index (χ0v) is 14.2. The average Bonchev–Trinajstić information content (AvgIpc) is 3.12. The van der Waals surface area contributed by atoms with Crippen LogP contribution in [0.3, 0.4) is 0 Å².